The largest absolute Gasteiger partial charge is 0.392 e. The third kappa shape index (κ3) is 6.18. The van der Waals surface area contributed by atoms with Gasteiger partial charge in [-0.2, -0.15) is 0 Å². The maximum absolute atomic E-state index is 9.87. The first kappa shape index (κ1) is 15.2. The second-order valence-corrected chi connectivity index (χ2v) is 5.49. The summed E-state index contributed by atoms with van der Waals surface area (Å²) in [4.78, 5) is 0. The van der Waals surface area contributed by atoms with Crippen molar-refractivity contribution < 1.29 is 5.11 Å². The Morgan fingerprint density at radius 2 is 1.83 bits per heavy atom. The van der Waals surface area contributed by atoms with Gasteiger partial charge in [-0.15, -0.1) is 0 Å². The molecule has 0 aromatic heterocycles. The van der Waals surface area contributed by atoms with E-state index in [2.05, 4.69) is 50.4 Å². The molecule has 2 N–H and O–H groups in total. The molecule has 0 aliphatic rings. The molecule has 2 unspecified atom stereocenters. The minimum atomic E-state index is -0.227. The Morgan fingerprint density at radius 1 is 1.17 bits per heavy atom. The van der Waals surface area contributed by atoms with E-state index in [0.717, 1.165) is 19.3 Å². The summed E-state index contributed by atoms with van der Waals surface area (Å²) in [5.74, 6) is 0.552. The zero-order valence-electron chi connectivity index (χ0n) is 11.9. The summed E-state index contributed by atoms with van der Waals surface area (Å²) in [7, 11) is 0. The molecule has 102 valence electrons. The van der Waals surface area contributed by atoms with E-state index in [9.17, 15) is 5.11 Å². The maximum atomic E-state index is 9.87. The molecule has 0 saturated carbocycles. The topological polar surface area (TPSA) is 32.3 Å². The Labute approximate surface area is 111 Å². The summed E-state index contributed by atoms with van der Waals surface area (Å²) < 4.78 is 0. The molecule has 0 heterocycles. The standard InChI is InChI=1S/C16H27NO/c1-4-15(11-14-8-6-5-7-9-14)17-12-16(18)10-13(2)3/h5-9,13,15-18H,4,10-12H2,1-3H3. The summed E-state index contributed by atoms with van der Waals surface area (Å²) in [6, 6.07) is 11.0. The van der Waals surface area contributed by atoms with Crippen LogP contribution < -0.4 is 5.32 Å². The molecule has 0 fully saturated rings. The first-order valence-electron chi connectivity index (χ1n) is 7.07. The zero-order valence-corrected chi connectivity index (χ0v) is 11.9. The lowest BCUT2D eigenvalue weighted by Gasteiger charge is -2.20. The van der Waals surface area contributed by atoms with E-state index in [1.807, 2.05) is 6.07 Å². The predicted molar refractivity (Wildman–Crippen MR) is 77.7 cm³/mol. The van der Waals surface area contributed by atoms with Crippen molar-refractivity contribution in [3.63, 3.8) is 0 Å². The molecule has 18 heavy (non-hydrogen) atoms. The van der Waals surface area contributed by atoms with Gasteiger partial charge in [-0.1, -0.05) is 51.1 Å². The molecule has 0 aliphatic heterocycles. The molecule has 0 bridgehead atoms. The van der Waals surface area contributed by atoms with Gasteiger partial charge in [0.2, 0.25) is 0 Å². The molecular weight excluding hydrogens is 222 g/mol. The zero-order chi connectivity index (χ0) is 13.4. The van der Waals surface area contributed by atoms with E-state index >= 15 is 0 Å². The lowest BCUT2D eigenvalue weighted by atomic mass is 10.0. The summed E-state index contributed by atoms with van der Waals surface area (Å²) in [6.07, 6.45) is 2.76. The van der Waals surface area contributed by atoms with Gasteiger partial charge in [-0.3, -0.25) is 0 Å². The molecule has 0 aliphatic carbocycles. The normalized spacial score (nSPS) is 14.7. The maximum Gasteiger partial charge on any atom is 0.0667 e. The van der Waals surface area contributed by atoms with Gasteiger partial charge in [0.05, 0.1) is 6.10 Å². The fourth-order valence-corrected chi connectivity index (χ4v) is 2.19. The smallest absolute Gasteiger partial charge is 0.0667 e. The lowest BCUT2D eigenvalue weighted by Crippen LogP contribution is -2.37. The van der Waals surface area contributed by atoms with Crippen molar-refractivity contribution in [1.82, 2.24) is 5.32 Å². The summed E-state index contributed by atoms with van der Waals surface area (Å²) >= 11 is 0. The molecule has 2 heteroatoms. The number of aliphatic hydroxyl groups is 1. The van der Waals surface area contributed by atoms with Crippen molar-refractivity contribution in [3.8, 4) is 0 Å². The Bertz CT molecular complexity index is 310. The van der Waals surface area contributed by atoms with Crippen molar-refractivity contribution in [3.05, 3.63) is 35.9 Å². The van der Waals surface area contributed by atoms with Gasteiger partial charge in [-0.25, -0.2) is 0 Å². The third-order valence-corrected chi connectivity index (χ3v) is 3.20. The highest BCUT2D eigenvalue weighted by molar-refractivity contribution is 5.15. The lowest BCUT2D eigenvalue weighted by molar-refractivity contribution is 0.142. The summed E-state index contributed by atoms with van der Waals surface area (Å²) in [5, 5.41) is 13.3. The minimum Gasteiger partial charge on any atom is -0.392 e. The second-order valence-electron chi connectivity index (χ2n) is 5.49. The van der Waals surface area contributed by atoms with E-state index in [0.29, 0.717) is 18.5 Å². The van der Waals surface area contributed by atoms with E-state index < -0.39 is 0 Å². The van der Waals surface area contributed by atoms with Crippen LogP contribution in [0.5, 0.6) is 0 Å². The van der Waals surface area contributed by atoms with Crippen LogP contribution >= 0.6 is 0 Å². The number of hydrogen-bond acceptors (Lipinski definition) is 2. The van der Waals surface area contributed by atoms with Crippen molar-refractivity contribution in [2.24, 2.45) is 5.92 Å². The minimum absolute atomic E-state index is 0.227. The molecular formula is C16H27NO. The monoisotopic (exact) mass is 249 g/mol. The summed E-state index contributed by atoms with van der Waals surface area (Å²) in [6.45, 7) is 7.17. The number of hydrogen-bond donors (Lipinski definition) is 2. The van der Waals surface area contributed by atoms with Crippen molar-refractivity contribution >= 4 is 0 Å². The van der Waals surface area contributed by atoms with Crippen LogP contribution in [0.15, 0.2) is 30.3 Å². The van der Waals surface area contributed by atoms with Crippen LogP contribution in [0, 0.1) is 5.92 Å². The quantitative estimate of drug-likeness (QED) is 0.742. The van der Waals surface area contributed by atoms with Gasteiger partial charge in [-0.05, 0) is 30.7 Å². The fourth-order valence-electron chi connectivity index (χ4n) is 2.19. The predicted octanol–water partition coefficient (Wildman–Crippen LogP) is 3.00. The van der Waals surface area contributed by atoms with Crippen LogP contribution in [-0.4, -0.2) is 23.8 Å². The summed E-state index contributed by atoms with van der Waals surface area (Å²) in [5.41, 5.74) is 1.36. The Kier molecular flexibility index (Phi) is 6.99. The van der Waals surface area contributed by atoms with Crippen molar-refractivity contribution in [2.45, 2.75) is 52.2 Å². The van der Waals surface area contributed by atoms with Crippen LogP contribution in [0.3, 0.4) is 0 Å². The molecule has 2 nitrogen and oxygen atoms in total. The van der Waals surface area contributed by atoms with Crippen LogP contribution in [0.1, 0.15) is 39.2 Å². The molecule has 0 radical (unpaired) electrons. The number of rotatable bonds is 8. The van der Waals surface area contributed by atoms with Gasteiger partial charge in [0.25, 0.3) is 0 Å². The Balaban J connectivity index is 2.34. The highest BCUT2D eigenvalue weighted by atomic mass is 16.3. The van der Waals surface area contributed by atoms with E-state index in [4.69, 9.17) is 0 Å². The molecule has 1 aromatic rings. The molecule has 0 spiro atoms. The van der Waals surface area contributed by atoms with Crippen LogP contribution in [0.25, 0.3) is 0 Å². The average molecular weight is 249 g/mol. The first-order chi connectivity index (χ1) is 8.61. The number of nitrogens with one attached hydrogen (secondary N) is 1. The second kappa shape index (κ2) is 8.28. The molecule has 0 amide bonds. The molecule has 0 saturated heterocycles. The van der Waals surface area contributed by atoms with Gasteiger partial charge in [0, 0.05) is 12.6 Å². The fraction of sp³-hybridized carbons (Fsp3) is 0.625. The molecule has 1 rings (SSSR count). The van der Waals surface area contributed by atoms with Crippen LogP contribution in [0.2, 0.25) is 0 Å². The van der Waals surface area contributed by atoms with Crippen molar-refractivity contribution in [1.29, 1.82) is 0 Å². The van der Waals surface area contributed by atoms with Gasteiger partial charge in [0.15, 0.2) is 0 Å². The highest BCUT2D eigenvalue weighted by Gasteiger charge is 2.11. The van der Waals surface area contributed by atoms with Gasteiger partial charge < -0.3 is 10.4 Å². The van der Waals surface area contributed by atoms with E-state index in [-0.39, 0.29) is 6.10 Å². The van der Waals surface area contributed by atoms with Crippen molar-refractivity contribution in [2.75, 3.05) is 6.54 Å². The van der Waals surface area contributed by atoms with Crippen LogP contribution in [0.4, 0.5) is 0 Å². The van der Waals surface area contributed by atoms with Gasteiger partial charge >= 0.3 is 0 Å². The highest BCUT2D eigenvalue weighted by Crippen LogP contribution is 2.07. The van der Waals surface area contributed by atoms with E-state index in [1.165, 1.54) is 5.56 Å². The molecule has 1 aromatic carbocycles. The number of aliphatic hydroxyl groups excluding tert-OH is 1. The number of benzene rings is 1. The Hall–Kier alpha value is -0.860. The SMILES string of the molecule is CCC(Cc1ccccc1)NCC(O)CC(C)C. The molecule has 2 atom stereocenters. The average Bonchev–Trinajstić information content (AvgIpc) is 2.35. The van der Waals surface area contributed by atoms with Crippen LogP contribution in [-0.2, 0) is 6.42 Å². The third-order valence-electron chi connectivity index (χ3n) is 3.20. The first-order valence-corrected chi connectivity index (χ1v) is 7.07. The van der Waals surface area contributed by atoms with E-state index in [1.54, 1.807) is 0 Å². The van der Waals surface area contributed by atoms with Gasteiger partial charge in [0.1, 0.15) is 0 Å². The Morgan fingerprint density at radius 3 is 2.39 bits per heavy atom.